The number of esters is 2. The second-order valence-corrected chi connectivity index (χ2v) is 12.8. The van der Waals surface area contributed by atoms with Crippen LogP contribution in [0.1, 0.15) is 80.1 Å². The van der Waals surface area contributed by atoms with E-state index in [0.717, 1.165) is 11.1 Å². The van der Waals surface area contributed by atoms with Gasteiger partial charge in [0.15, 0.2) is 0 Å². The van der Waals surface area contributed by atoms with Gasteiger partial charge in [-0.25, -0.2) is 19.2 Å². The first-order valence-electron chi connectivity index (χ1n) is 17.9. The first kappa shape index (κ1) is 40.8. The molecule has 1 atom stereocenters. The summed E-state index contributed by atoms with van der Waals surface area (Å²) in [5, 5.41) is 32.3. The summed E-state index contributed by atoms with van der Waals surface area (Å²) in [5.74, 6) is -3.99. The summed E-state index contributed by atoms with van der Waals surface area (Å²) in [5.41, 5.74) is 4.03. The number of hydrogen-bond acceptors (Lipinski definition) is 11. The third-order valence-electron chi connectivity index (χ3n) is 8.89. The molecule has 1 amide bonds. The Balaban J connectivity index is 1.04. The maximum absolute atomic E-state index is 13.2. The molecule has 0 aliphatic heterocycles. The molecule has 0 saturated heterocycles. The Morgan fingerprint density at radius 1 is 0.542 bits per heavy atom. The Bertz CT molecular complexity index is 2440. The van der Waals surface area contributed by atoms with Crippen LogP contribution in [0.2, 0.25) is 0 Å². The van der Waals surface area contributed by atoms with Crippen LogP contribution >= 0.6 is 0 Å². The molecular formula is C45H36N2O12. The van der Waals surface area contributed by atoms with Crippen LogP contribution in [0.3, 0.4) is 0 Å². The molecule has 0 aliphatic carbocycles. The molecule has 0 bridgehead atoms. The van der Waals surface area contributed by atoms with E-state index in [2.05, 4.69) is 10.8 Å². The predicted molar refractivity (Wildman–Crippen MR) is 212 cm³/mol. The number of hydroxylamine groups is 1. The number of hydrogen-bond donors (Lipinski definition) is 5. The Morgan fingerprint density at radius 2 is 1.03 bits per heavy atom. The van der Waals surface area contributed by atoms with Gasteiger partial charge in [-0.2, -0.15) is 5.48 Å². The number of benzene rings is 6. The quantitative estimate of drug-likeness (QED) is 0.0344. The van der Waals surface area contributed by atoms with Crippen molar-refractivity contribution in [2.45, 2.75) is 19.3 Å². The van der Waals surface area contributed by atoms with Crippen molar-refractivity contribution in [3.05, 3.63) is 196 Å². The monoisotopic (exact) mass is 796 g/mol. The summed E-state index contributed by atoms with van der Waals surface area (Å²) < 4.78 is 22.1. The Labute approximate surface area is 337 Å². The lowest BCUT2D eigenvalue weighted by molar-refractivity contribution is 0.0463. The minimum Gasteiger partial charge on any atom is -0.478 e. The molecule has 6 aromatic carbocycles. The van der Waals surface area contributed by atoms with Crippen molar-refractivity contribution in [3.63, 3.8) is 0 Å². The summed E-state index contributed by atoms with van der Waals surface area (Å²) >= 11 is 0. The van der Waals surface area contributed by atoms with E-state index in [9.17, 15) is 39.4 Å². The molecule has 14 nitrogen and oxygen atoms in total. The molecule has 0 aromatic heterocycles. The summed E-state index contributed by atoms with van der Waals surface area (Å²) in [6.07, 6.45) is 0. The van der Waals surface area contributed by atoms with E-state index in [1.54, 1.807) is 72.8 Å². The number of rotatable bonds is 17. The fraction of sp³-hybridized carbons (Fsp3) is 0.0889. The van der Waals surface area contributed by atoms with Crippen molar-refractivity contribution in [1.29, 1.82) is 0 Å². The molecular weight excluding hydrogens is 760 g/mol. The molecule has 0 fully saturated rings. The van der Waals surface area contributed by atoms with Crippen LogP contribution in [0.15, 0.2) is 146 Å². The second kappa shape index (κ2) is 19.4. The topological polar surface area (TPSA) is 207 Å². The van der Waals surface area contributed by atoms with Gasteiger partial charge >= 0.3 is 23.9 Å². The molecule has 0 saturated carbocycles. The molecule has 1 unspecified atom stereocenters. The fourth-order valence-corrected chi connectivity index (χ4v) is 5.86. The molecule has 59 heavy (non-hydrogen) atoms. The predicted octanol–water partition coefficient (Wildman–Crippen LogP) is 7.53. The number of carbonyl (C=O) groups excluding carboxylic acids is 3. The van der Waals surface area contributed by atoms with Crippen LogP contribution < -0.4 is 20.3 Å². The van der Waals surface area contributed by atoms with E-state index in [-0.39, 0.29) is 53.4 Å². The highest BCUT2D eigenvalue weighted by atomic mass is 16.7. The van der Waals surface area contributed by atoms with Crippen LogP contribution in [0, 0.1) is 0 Å². The average Bonchev–Trinajstić information content (AvgIpc) is 3.26. The zero-order chi connectivity index (χ0) is 41.7. The first-order chi connectivity index (χ1) is 28.6. The number of amides is 1. The minimum atomic E-state index is -1.35. The molecule has 0 heterocycles. The van der Waals surface area contributed by atoms with E-state index in [4.69, 9.17) is 18.9 Å². The second-order valence-electron chi connectivity index (χ2n) is 12.8. The summed E-state index contributed by atoms with van der Waals surface area (Å²) in [7, 11) is 0. The van der Waals surface area contributed by atoms with Crippen LogP contribution in [0.25, 0.3) is 0 Å². The summed E-state index contributed by atoms with van der Waals surface area (Å²) in [6, 6.07) is 37.2. The normalized spacial score (nSPS) is 11.1. The Morgan fingerprint density at radius 3 is 1.54 bits per heavy atom. The van der Waals surface area contributed by atoms with Gasteiger partial charge in [-0.05, 0) is 95.1 Å². The highest BCUT2D eigenvalue weighted by Crippen LogP contribution is 2.29. The zero-order valence-electron chi connectivity index (χ0n) is 31.1. The highest BCUT2D eigenvalue weighted by molar-refractivity contribution is 6.12. The average molecular weight is 797 g/mol. The van der Waals surface area contributed by atoms with E-state index < -0.39 is 35.8 Å². The maximum atomic E-state index is 13.2. The lowest BCUT2D eigenvalue weighted by Gasteiger charge is -2.19. The van der Waals surface area contributed by atoms with Crippen LogP contribution in [0.4, 0.5) is 5.69 Å². The standard InChI is InChI=1S/C45H36N2O12/c48-41(39-24-32(14-22-37(39)43(51)52)45(54)57-26-29-9-5-2-6-10-29)46-33-15-19-35(20-16-33)59-27-58-34-17-11-30(12-18-34)40(47-55)38-23-31(13-21-36(38)42(49)50)44(53)56-25-28-7-3-1-4-8-28/h1-24,40,47,55H,25-27H2,(H,46,48)(H,49,50)(H,51,52). The van der Waals surface area contributed by atoms with Crippen molar-refractivity contribution >= 4 is 35.5 Å². The van der Waals surface area contributed by atoms with Crippen molar-refractivity contribution in [2.24, 2.45) is 0 Å². The minimum absolute atomic E-state index is 0.000984. The number of carboxylic acids is 2. The van der Waals surface area contributed by atoms with Gasteiger partial charge < -0.3 is 39.7 Å². The third kappa shape index (κ3) is 10.7. The Kier molecular flexibility index (Phi) is 13.4. The fourth-order valence-electron chi connectivity index (χ4n) is 5.86. The lowest BCUT2D eigenvalue weighted by Crippen LogP contribution is -2.22. The SMILES string of the molecule is O=C(OCc1ccccc1)c1ccc(C(=O)O)c(C(=O)Nc2ccc(OCOc3ccc(C(NO)c4cc(C(=O)OCc5ccccc5)ccc4C(=O)O)cc3)cc2)c1. The first-order valence-corrected chi connectivity index (χ1v) is 17.9. The number of carboxylic acid groups (broad SMARTS) is 2. The number of anilines is 1. The largest absolute Gasteiger partial charge is 0.478 e. The van der Waals surface area contributed by atoms with Gasteiger partial charge in [0.2, 0.25) is 6.79 Å². The van der Waals surface area contributed by atoms with E-state index in [0.29, 0.717) is 22.7 Å². The molecule has 14 heteroatoms. The molecule has 0 spiro atoms. The van der Waals surface area contributed by atoms with Gasteiger partial charge in [-0.1, -0.05) is 72.8 Å². The van der Waals surface area contributed by atoms with E-state index in [1.807, 2.05) is 24.3 Å². The van der Waals surface area contributed by atoms with Crippen molar-refractivity contribution in [1.82, 2.24) is 5.48 Å². The van der Waals surface area contributed by atoms with Crippen LogP contribution in [-0.4, -0.2) is 52.0 Å². The zero-order valence-corrected chi connectivity index (χ0v) is 31.1. The van der Waals surface area contributed by atoms with Crippen LogP contribution in [-0.2, 0) is 22.7 Å². The molecule has 298 valence electrons. The van der Waals surface area contributed by atoms with Crippen molar-refractivity contribution < 1.29 is 58.3 Å². The maximum Gasteiger partial charge on any atom is 0.338 e. The van der Waals surface area contributed by atoms with Gasteiger partial charge in [0.05, 0.1) is 33.9 Å². The van der Waals surface area contributed by atoms with Gasteiger partial charge in [-0.15, -0.1) is 0 Å². The smallest absolute Gasteiger partial charge is 0.338 e. The summed E-state index contributed by atoms with van der Waals surface area (Å²) in [6.45, 7) is -0.199. The van der Waals surface area contributed by atoms with E-state index >= 15 is 0 Å². The number of ether oxygens (including phenoxy) is 4. The van der Waals surface area contributed by atoms with Gasteiger partial charge in [0, 0.05) is 5.69 Å². The number of nitrogens with one attached hydrogen (secondary N) is 2. The summed E-state index contributed by atoms with van der Waals surface area (Å²) in [4.78, 5) is 62.7. The van der Waals surface area contributed by atoms with Gasteiger partial charge in [0.25, 0.3) is 5.91 Å². The highest BCUT2D eigenvalue weighted by Gasteiger charge is 2.24. The molecule has 5 N–H and O–H groups in total. The number of carbonyl (C=O) groups is 5. The van der Waals surface area contributed by atoms with Gasteiger partial charge in [0.1, 0.15) is 24.7 Å². The van der Waals surface area contributed by atoms with E-state index in [1.165, 1.54) is 48.5 Å². The van der Waals surface area contributed by atoms with Gasteiger partial charge in [-0.3, -0.25) is 4.79 Å². The molecule has 0 aliphatic rings. The van der Waals surface area contributed by atoms with Crippen molar-refractivity contribution in [2.75, 3.05) is 12.1 Å². The molecule has 6 aromatic rings. The Hall–Kier alpha value is -7.81. The lowest BCUT2D eigenvalue weighted by atomic mass is 9.93. The third-order valence-corrected chi connectivity index (χ3v) is 8.89. The molecule has 0 radical (unpaired) electrons. The van der Waals surface area contributed by atoms with Crippen LogP contribution in [0.5, 0.6) is 11.5 Å². The number of aromatic carboxylic acids is 2. The van der Waals surface area contributed by atoms with Crippen molar-refractivity contribution in [3.8, 4) is 11.5 Å². The molecule has 6 rings (SSSR count).